The zero-order valence-corrected chi connectivity index (χ0v) is 31.4. The number of rotatable bonds is 20. The molecule has 5 aromatic rings. The van der Waals surface area contributed by atoms with Gasteiger partial charge in [0.2, 0.25) is 5.91 Å². The molecule has 1 heterocycles. The van der Waals surface area contributed by atoms with Crippen LogP contribution in [0.5, 0.6) is 0 Å². The Morgan fingerprint density at radius 3 is 1.37 bits per heavy atom. The lowest BCUT2D eigenvalue weighted by Gasteiger charge is -2.46. The molecule has 1 fully saturated rings. The predicted molar refractivity (Wildman–Crippen MR) is 208 cm³/mol. The Morgan fingerprint density at radius 2 is 0.926 bits per heavy atom. The van der Waals surface area contributed by atoms with E-state index < -0.39 is 39.1 Å². The molecule has 1 saturated heterocycles. The number of hydrogen-bond acceptors (Lipinski definition) is 8. The van der Waals surface area contributed by atoms with Crippen molar-refractivity contribution in [2.45, 2.75) is 70.4 Å². The number of hydrogen-bond donors (Lipinski definition) is 1. The van der Waals surface area contributed by atoms with Crippen LogP contribution in [-0.4, -0.2) is 49.6 Å². The summed E-state index contributed by atoms with van der Waals surface area (Å²) in [7, 11) is -1.83. The van der Waals surface area contributed by atoms with Crippen molar-refractivity contribution in [3.05, 3.63) is 179 Å². The molecule has 5 aromatic carbocycles. The second-order valence-corrected chi connectivity index (χ2v) is 14.2. The zero-order chi connectivity index (χ0) is 37.2. The fourth-order valence-corrected chi connectivity index (χ4v) is 7.15. The fourth-order valence-electron chi connectivity index (χ4n) is 6.15. The standard InChI is InChI=1S/C44H48NO8P/c1-34(46)45-42-40(33-52-54(50-30-38-23-13-5-14-24-38)51-31-39-25-15-6-16-26-39)53-41(32-47-27-35-17-7-2-8-18-35)43(48-28-36-19-9-3-10-20-36)44(42)49-29-37-21-11-4-12-22-37/h2-26,40-44H,27-33H2,1H3,(H,45,46)/t40-,41-,42+,43+,44-/m1/s1. The smallest absolute Gasteiger partial charge is 0.333 e. The molecule has 5 atom stereocenters. The lowest BCUT2D eigenvalue weighted by Crippen LogP contribution is -2.66. The Hall–Kier alpha value is -4.28. The summed E-state index contributed by atoms with van der Waals surface area (Å²) in [6, 6.07) is 49.0. The highest BCUT2D eigenvalue weighted by Crippen LogP contribution is 2.43. The predicted octanol–water partition coefficient (Wildman–Crippen LogP) is 8.32. The van der Waals surface area contributed by atoms with Crippen molar-refractivity contribution in [2.75, 3.05) is 13.2 Å². The molecule has 6 rings (SSSR count). The molecule has 1 N–H and O–H groups in total. The van der Waals surface area contributed by atoms with E-state index in [9.17, 15) is 4.79 Å². The van der Waals surface area contributed by atoms with Gasteiger partial charge in [0.15, 0.2) is 0 Å². The summed E-state index contributed by atoms with van der Waals surface area (Å²) >= 11 is 0. The van der Waals surface area contributed by atoms with Crippen molar-refractivity contribution in [1.82, 2.24) is 5.32 Å². The Kier molecular flexibility index (Phi) is 15.7. The maximum absolute atomic E-state index is 12.9. The highest BCUT2D eigenvalue weighted by Gasteiger charge is 2.48. The van der Waals surface area contributed by atoms with E-state index in [4.69, 9.17) is 32.5 Å². The summed E-state index contributed by atoms with van der Waals surface area (Å²) in [5, 5.41) is 3.12. The van der Waals surface area contributed by atoms with Crippen LogP contribution in [-0.2, 0) is 70.3 Å². The van der Waals surface area contributed by atoms with E-state index in [2.05, 4.69) is 5.32 Å². The van der Waals surface area contributed by atoms with Gasteiger partial charge in [-0.15, -0.1) is 0 Å². The first-order valence-electron chi connectivity index (χ1n) is 18.2. The van der Waals surface area contributed by atoms with Crippen molar-refractivity contribution < 1.29 is 37.3 Å². The van der Waals surface area contributed by atoms with Crippen molar-refractivity contribution in [2.24, 2.45) is 0 Å². The molecule has 0 spiro atoms. The van der Waals surface area contributed by atoms with Gasteiger partial charge in [-0.05, 0) is 27.8 Å². The van der Waals surface area contributed by atoms with Crippen LogP contribution >= 0.6 is 8.60 Å². The van der Waals surface area contributed by atoms with E-state index >= 15 is 0 Å². The average Bonchev–Trinajstić information content (AvgIpc) is 3.22. The molecule has 0 radical (unpaired) electrons. The normalized spacial score (nSPS) is 19.8. The monoisotopic (exact) mass is 749 g/mol. The Balaban J connectivity index is 1.25. The highest BCUT2D eigenvalue weighted by atomic mass is 31.2. The molecule has 0 saturated carbocycles. The third-order valence-corrected chi connectivity index (χ3v) is 9.87. The van der Waals surface area contributed by atoms with Crippen LogP contribution in [0.2, 0.25) is 0 Å². The number of benzene rings is 5. The number of nitrogens with one attached hydrogen (secondary N) is 1. The van der Waals surface area contributed by atoms with Gasteiger partial charge in [0.25, 0.3) is 0 Å². The van der Waals surface area contributed by atoms with Crippen LogP contribution in [0.25, 0.3) is 0 Å². The van der Waals surface area contributed by atoms with Gasteiger partial charge in [-0.25, -0.2) is 0 Å². The van der Waals surface area contributed by atoms with Gasteiger partial charge in [-0.1, -0.05) is 152 Å². The average molecular weight is 750 g/mol. The highest BCUT2D eigenvalue weighted by molar-refractivity contribution is 7.41. The fraction of sp³-hybridized carbons (Fsp3) is 0.295. The number of carbonyl (C=O) groups is 1. The molecule has 54 heavy (non-hydrogen) atoms. The van der Waals surface area contributed by atoms with Crippen LogP contribution < -0.4 is 5.32 Å². The SMILES string of the molecule is CC(=O)N[C@@H]1[C@@H](OCc2ccccc2)[C@@H](OCc2ccccc2)[C@@H](COCc2ccccc2)O[C@@H]1COP(OCc1ccccc1)OCc1ccccc1. The number of ether oxygens (including phenoxy) is 4. The summed E-state index contributed by atoms with van der Waals surface area (Å²) in [5.41, 5.74) is 5.02. The van der Waals surface area contributed by atoms with Crippen molar-refractivity contribution in [1.29, 1.82) is 0 Å². The van der Waals surface area contributed by atoms with Crippen molar-refractivity contribution in [3.8, 4) is 0 Å². The van der Waals surface area contributed by atoms with E-state index in [-0.39, 0.29) is 19.1 Å². The summed E-state index contributed by atoms with van der Waals surface area (Å²) in [5.74, 6) is -0.231. The van der Waals surface area contributed by atoms with E-state index in [1.54, 1.807) is 0 Å². The summed E-state index contributed by atoms with van der Waals surface area (Å²) in [6.07, 6.45) is -2.48. The van der Waals surface area contributed by atoms with Crippen LogP contribution in [0.4, 0.5) is 0 Å². The van der Waals surface area contributed by atoms with Gasteiger partial charge in [-0.3, -0.25) is 4.79 Å². The van der Waals surface area contributed by atoms with Crippen molar-refractivity contribution in [3.63, 3.8) is 0 Å². The summed E-state index contributed by atoms with van der Waals surface area (Å²) in [4.78, 5) is 12.9. The molecular formula is C44H48NO8P. The van der Waals surface area contributed by atoms with Gasteiger partial charge in [0, 0.05) is 6.92 Å². The second kappa shape index (κ2) is 21.6. The van der Waals surface area contributed by atoms with E-state index in [1.165, 1.54) is 6.92 Å². The topological polar surface area (TPSA) is 93.7 Å². The molecular weight excluding hydrogens is 701 g/mol. The largest absolute Gasteiger partial charge is 0.374 e. The third kappa shape index (κ3) is 12.7. The Bertz CT molecular complexity index is 1730. The molecule has 9 nitrogen and oxygen atoms in total. The molecule has 10 heteroatoms. The lowest BCUT2D eigenvalue weighted by atomic mass is 9.92. The number of amides is 1. The molecule has 0 aromatic heterocycles. The van der Waals surface area contributed by atoms with Gasteiger partial charge < -0.3 is 37.8 Å². The van der Waals surface area contributed by atoms with Gasteiger partial charge in [0.1, 0.15) is 24.4 Å². The molecule has 1 amide bonds. The first-order chi connectivity index (χ1) is 26.6. The summed E-state index contributed by atoms with van der Waals surface area (Å²) < 4.78 is 45.4. The molecule has 0 aliphatic carbocycles. The maximum Gasteiger partial charge on any atom is 0.333 e. The first-order valence-corrected chi connectivity index (χ1v) is 19.3. The van der Waals surface area contributed by atoms with E-state index in [0.717, 1.165) is 27.8 Å². The minimum absolute atomic E-state index is 0.0476. The van der Waals surface area contributed by atoms with Gasteiger partial charge in [0.05, 0.1) is 52.3 Å². The minimum atomic E-state index is -1.83. The molecule has 1 aliphatic rings. The van der Waals surface area contributed by atoms with Gasteiger partial charge in [-0.2, -0.15) is 0 Å². The molecule has 282 valence electrons. The lowest BCUT2D eigenvalue weighted by molar-refractivity contribution is -0.236. The second-order valence-electron chi connectivity index (χ2n) is 13.0. The van der Waals surface area contributed by atoms with Crippen LogP contribution in [0.15, 0.2) is 152 Å². The Labute approximate surface area is 319 Å². The van der Waals surface area contributed by atoms with Crippen molar-refractivity contribution >= 4 is 14.5 Å². The quantitative estimate of drug-likeness (QED) is 0.0795. The summed E-state index contributed by atoms with van der Waals surface area (Å²) in [6.45, 7) is 3.36. The zero-order valence-electron chi connectivity index (χ0n) is 30.5. The minimum Gasteiger partial charge on any atom is -0.374 e. The van der Waals surface area contributed by atoms with E-state index in [0.29, 0.717) is 33.0 Å². The van der Waals surface area contributed by atoms with Crippen LogP contribution in [0.1, 0.15) is 34.7 Å². The van der Waals surface area contributed by atoms with Crippen LogP contribution in [0, 0.1) is 0 Å². The van der Waals surface area contributed by atoms with Gasteiger partial charge >= 0.3 is 8.60 Å². The van der Waals surface area contributed by atoms with E-state index in [1.807, 2.05) is 152 Å². The number of carbonyl (C=O) groups excluding carboxylic acids is 1. The Morgan fingerprint density at radius 1 is 0.519 bits per heavy atom. The van der Waals surface area contributed by atoms with Crippen LogP contribution in [0.3, 0.4) is 0 Å². The molecule has 1 aliphatic heterocycles. The molecule has 0 unspecified atom stereocenters. The first kappa shape index (κ1) is 39.4. The molecule has 0 bridgehead atoms. The maximum atomic E-state index is 12.9. The third-order valence-electron chi connectivity index (χ3n) is 8.83.